The smallest absolute Gasteiger partial charge is 0.338 e. The topological polar surface area (TPSA) is 79.7 Å². The lowest BCUT2D eigenvalue weighted by Gasteiger charge is -2.37. The van der Waals surface area contributed by atoms with E-state index in [1.54, 1.807) is 31.2 Å². The summed E-state index contributed by atoms with van der Waals surface area (Å²) in [6.45, 7) is 21.1. The molecule has 0 amide bonds. The Bertz CT molecular complexity index is 1120. The van der Waals surface area contributed by atoms with Crippen LogP contribution in [-0.2, 0) is 11.2 Å². The number of hydrogen-bond donors (Lipinski definition) is 2. The number of nitrogens with zero attached hydrogens (tertiary/aromatic N) is 1. The second kappa shape index (κ2) is 17.7. The van der Waals surface area contributed by atoms with Gasteiger partial charge < -0.3 is 14.9 Å². The van der Waals surface area contributed by atoms with Crippen molar-refractivity contribution in [3.8, 4) is 0 Å². The molecule has 0 aliphatic heterocycles. The van der Waals surface area contributed by atoms with E-state index in [9.17, 15) is 15.0 Å². The number of aliphatic hydroxyl groups excluding tert-OH is 2. The van der Waals surface area contributed by atoms with E-state index >= 15 is 0 Å². The van der Waals surface area contributed by atoms with Crippen LogP contribution in [0, 0.1) is 5.41 Å². The molecule has 2 N–H and O–H groups in total. The maximum atomic E-state index is 12.1. The van der Waals surface area contributed by atoms with Crippen molar-refractivity contribution in [1.82, 2.24) is 4.98 Å². The van der Waals surface area contributed by atoms with Crippen LogP contribution in [0.1, 0.15) is 151 Å². The molecule has 6 heteroatoms. The Morgan fingerprint density at radius 2 is 1.71 bits per heavy atom. The van der Waals surface area contributed by atoms with Gasteiger partial charge in [0.1, 0.15) is 6.10 Å². The minimum Gasteiger partial charge on any atom is -0.462 e. The molecule has 41 heavy (non-hydrogen) atoms. The van der Waals surface area contributed by atoms with Gasteiger partial charge in [0, 0.05) is 22.5 Å². The average molecular weight is 586 g/mol. The molecule has 1 aliphatic rings. The zero-order valence-corrected chi connectivity index (χ0v) is 28.2. The molecule has 3 rings (SSSR count). The number of benzene rings is 1. The van der Waals surface area contributed by atoms with Crippen LogP contribution in [-0.4, -0.2) is 39.8 Å². The number of thioether (sulfide) groups is 1. The van der Waals surface area contributed by atoms with Gasteiger partial charge >= 0.3 is 5.97 Å². The number of allylic oxidation sites excluding steroid dienone is 2. The Labute approximate surface area is 254 Å². The van der Waals surface area contributed by atoms with Gasteiger partial charge in [-0.3, -0.25) is 4.98 Å². The number of carbonyl (C=O) groups is 1. The zero-order valence-electron chi connectivity index (χ0n) is 27.4. The van der Waals surface area contributed by atoms with Crippen molar-refractivity contribution in [2.45, 2.75) is 113 Å². The lowest BCUT2D eigenvalue weighted by atomic mass is 9.71. The molecule has 0 radical (unpaired) electrons. The summed E-state index contributed by atoms with van der Waals surface area (Å²) >= 11 is 1.86. The minimum atomic E-state index is -0.941. The predicted molar refractivity (Wildman–Crippen MR) is 176 cm³/mol. The van der Waals surface area contributed by atoms with E-state index < -0.39 is 12.2 Å². The number of aliphatic hydroxyl groups is 2. The quantitative estimate of drug-likeness (QED) is 0.301. The number of esters is 1. The second-order valence-electron chi connectivity index (χ2n) is 11.7. The van der Waals surface area contributed by atoms with E-state index in [1.807, 2.05) is 11.8 Å². The number of aromatic nitrogens is 1. The van der Waals surface area contributed by atoms with Gasteiger partial charge in [-0.15, -0.1) is 0 Å². The molecule has 0 unspecified atom stereocenters. The highest BCUT2D eigenvalue weighted by molar-refractivity contribution is 7.98. The lowest BCUT2D eigenvalue weighted by Crippen LogP contribution is -2.29. The van der Waals surface area contributed by atoms with Gasteiger partial charge in [-0.2, -0.15) is 11.8 Å². The Kier molecular flexibility index (Phi) is 15.9. The molecule has 2 aromatic rings. The molecule has 1 aromatic heterocycles. The molecule has 230 valence electrons. The van der Waals surface area contributed by atoms with Crippen LogP contribution in [0.2, 0.25) is 0 Å². The first-order chi connectivity index (χ1) is 19.3. The van der Waals surface area contributed by atoms with Crippen LogP contribution in [0.4, 0.5) is 0 Å². The van der Waals surface area contributed by atoms with Gasteiger partial charge in [0.2, 0.25) is 0 Å². The lowest BCUT2D eigenvalue weighted by molar-refractivity contribution is 0.0526. The Balaban J connectivity index is 0.00000108. The normalized spacial score (nSPS) is 16.5. The largest absolute Gasteiger partial charge is 0.462 e. The predicted octanol–water partition coefficient (Wildman–Crippen LogP) is 9.07. The van der Waals surface area contributed by atoms with Gasteiger partial charge in [-0.1, -0.05) is 80.0 Å². The summed E-state index contributed by atoms with van der Waals surface area (Å²) in [4.78, 5) is 17.1. The fraction of sp³-hybridized carbons (Fsp3) is 0.600. The highest BCUT2D eigenvalue weighted by atomic mass is 32.2. The molecule has 1 aliphatic carbocycles. The molecule has 0 saturated heterocycles. The van der Waals surface area contributed by atoms with Crippen LogP contribution in [0.25, 0.3) is 5.57 Å². The van der Waals surface area contributed by atoms with E-state index in [4.69, 9.17) is 9.72 Å². The molecule has 2 atom stereocenters. The van der Waals surface area contributed by atoms with Crippen molar-refractivity contribution in [2.75, 3.05) is 18.6 Å². The van der Waals surface area contributed by atoms with Crippen molar-refractivity contribution in [3.05, 3.63) is 69.5 Å². The zero-order chi connectivity index (χ0) is 31.3. The van der Waals surface area contributed by atoms with Crippen LogP contribution in [0.15, 0.2) is 30.3 Å². The van der Waals surface area contributed by atoms with E-state index in [-0.39, 0.29) is 17.3 Å². The monoisotopic (exact) mass is 585 g/mol. The van der Waals surface area contributed by atoms with Gasteiger partial charge in [0.05, 0.1) is 18.3 Å². The highest BCUT2D eigenvalue weighted by Gasteiger charge is 2.37. The number of rotatable bonds is 8. The van der Waals surface area contributed by atoms with Crippen molar-refractivity contribution >= 4 is 23.3 Å². The van der Waals surface area contributed by atoms with Crippen LogP contribution in [0.5, 0.6) is 0 Å². The van der Waals surface area contributed by atoms with Gasteiger partial charge in [0.15, 0.2) is 0 Å². The van der Waals surface area contributed by atoms with Gasteiger partial charge in [-0.05, 0) is 85.3 Å². The Morgan fingerprint density at radius 1 is 1.15 bits per heavy atom. The maximum Gasteiger partial charge on any atom is 0.338 e. The molecule has 0 saturated carbocycles. The summed E-state index contributed by atoms with van der Waals surface area (Å²) in [7, 11) is 0. The number of pyridine rings is 1. The first-order valence-electron chi connectivity index (χ1n) is 15.2. The second-order valence-corrected chi connectivity index (χ2v) is 12.8. The summed E-state index contributed by atoms with van der Waals surface area (Å²) in [5.41, 5.74) is 6.42. The minimum absolute atomic E-state index is 0.0453. The maximum absolute atomic E-state index is 12.1. The Hall–Kier alpha value is -2.15. The molecule has 1 aromatic carbocycles. The van der Waals surface area contributed by atoms with Crippen molar-refractivity contribution in [2.24, 2.45) is 5.41 Å². The number of fused-ring (bicyclic) bond motifs is 1. The third kappa shape index (κ3) is 10.3. The number of ether oxygens (including phenoxy) is 1. The first kappa shape index (κ1) is 36.9. The van der Waals surface area contributed by atoms with Crippen LogP contribution < -0.4 is 0 Å². The summed E-state index contributed by atoms with van der Waals surface area (Å²) in [5.74, 6) is 0.944. The van der Waals surface area contributed by atoms with Gasteiger partial charge in [-0.25, -0.2) is 4.79 Å². The fourth-order valence-electron chi connectivity index (χ4n) is 5.06. The van der Waals surface area contributed by atoms with Crippen molar-refractivity contribution in [1.29, 1.82) is 0 Å². The summed E-state index contributed by atoms with van der Waals surface area (Å²) in [5, 5.41) is 22.9. The molecule has 5 nitrogen and oxygen atoms in total. The highest BCUT2D eigenvalue weighted by Crippen LogP contribution is 2.47. The van der Waals surface area contributed by atoms with Crippen LogP contribution >= 0.6 is 11.8 Å². The fourth-order valence-corrected chi connectivity index (χ4v) is 5.06. The van der Waals surface area contributed by atoms with E-state index in [0.717, 1.165) is 46.5 Å². The number of carbonyl (C=O) groups excluding carboxylic acids is 1. The van der Waals surface area contributed by atoms with Crippen LogP contribution in [0.3, 0.4) is 0 Å². The third-order valence-electron chi connectivity index (χ3n) is 6.86. The SMILES string of the molecule is CC/C=C(\C)c1c([C@H](O)c2ccc(C(=O)OCC)cc2)c(C(C)C)nc2c1[C@@H](O)CC(C)(C)C2.CCC.CCSC. The molecular weight excluding hydrogens is 530 g/mol. The third-order valence-corrected chi connectivity index (χ3v) is 7.43. The summed E-state index contributed by atoms with van der Waals surface area (Å²) < 4.78 is 5.09. The average Bonchev–Trinajstić information content (AvgIpc) is 2.91. The van der Waals surface area contributed by atoms with Gasteiger partial charge in [0.25, 0.3) is 0 Å². The van der Waals surface area contributed by atoms with Crippen molar-refractivity contribution < 1.29 is 19.7 Å². The molecule has 0 fully saturated rings. The first-order valence-corrected chi connectivity index (χ1v) is 16.6. The van der Waals surface area contributed by atoms with E-state index in [1.165, 1.54) is 12.2 Å². The number of hydrogen-bond acceptors (Lipinski definition) is 6. The summed E-state index contributed by atoms with van der Waals surface area (Å²) in [6, 6.07) is 6.90. The summed E-state index contributed by atoms with van der Waals surface area (Å²) in [6.07, 6.45) is 6.20. The standard InChI is InChI=1S/C29H39NO4.C3H8S.C3H8/c1-8-10-18(5)23-24-21(15-29(6,7)16-22(24)31)30-26(17(3)4)25(23)27(32)19-11-13-20(14-12-19)28(33)34-9-2;1-3-4-2;1-3-2/h10-14,17,22,27,31-32H,8-9,15-16H2,1-7H3;3H2,1-2H3;3H2,1-2H3/b18-10+;;/t22-,27+;;/m0../s1. The molecule has 1 heterocycles. The van der Waals surface area contributed by atoms with E-state index in [0.29, 0.717) is 24.2 Å². The molecular formula is C35H55NO4S. The molecule has 0 spiro atoms. The van der Waals surface area contributed by atoms with Crippen molar-refractivity contribution in [3.63, 3.8) is 0 Å². The Morgan fingerprint density at radius 3 is 2.17 bits per heavy atom. The van der Waals surface area contributed by atoms with E-state index in [2.05, 4.69) is 74.6 Å². The molecule has 0 bridgehead atoms.